The summed E-state index contributed by atoms with van der Waals surface area (Å²) in [5, 5.41) is 4.43. The molecule has 0 aliphatic carbocycles. The van der Waals surface area contributed by atoms with Crippen LogP contribution in [0, 0.1) is 13.8 Å². The Morgan fingerprint density at radius 2 is 1.75 bits per heavy atom. The molecule has 1 atom stereocenters. The van der Waals surface area contributed by atoms with E-state index in [1.54, 1.807) is 0 Å². The molecule has 2 rings (SSSR count). The highest BCUT2D eigenvalue weighted by atomic mass is 35.5. The second kappa shape index (κ2) is 6.92. The van der Waals surface area contributed by atoms with Crippen LogP contribution >= 0.6 is 11.6 Å². The summed E-state index contributed by atoms with van der Waals surface area (Å²) in [6, 6.07) is 15.1. The second-order valence-electron chi connectivity index (χ2n) is 5.36. The first-order valence-electron chi connectivity index (χ1n) is 7.17. The van der Waals surface area contributed by atoms with Gasteiger partial charge in [-0.15, -0.1) is 0 Å². The van der Waals surface area contributed by atoms with E-state index in [0.717, 1.165) is 18.0 Å². The molecule has 20 heavy (non-hydrogen) atoms. The lowest BCUT2D eigenvalue weighted by molar-refractivity contribution is 0.598. The number of aryl methyl sites for hydroxylation is 2. The average molecular weight is 288 g/mol. The lowest BCUT2D eigenvalue weighted by atomic mass is 9.96. The van der Waals surface area contributed by atoms with Crippen molar-refractivity contribution in [3.63, 3.8) is 0 Å². The molecule has 0 amide bonds. The summed E-state index contributed by atoms with van der Waals surface area (Å²) in [5.41, 5.74) is 5.00. The SMILES string of the molecule is CCCNC(c1cccc(C)c1)c1cc(C)cc(Cl)c1. The summed E-state index contributed by atoms with van der Waals surface area (Å²) >= 11 is 6.22. The van der Waals surface area contributed by atoms with Gasteiger partial charge in [-0.3, -0.25) is 0 Å². The van der Waals surface area contributed by atoms with Gasteiger partial charge in [0.15, 0.2) is 0 Å². The topological polar surface area (TPSA) is 12.0 Å². The van der Waals surface area contributed by atoms with Crippen LogP contribution in [-0.4, -0.2) is 6.54 Å². The van der Waals surface area contributed by atoms with Crippen LogP contribution in [-0.2, 0) is 0 Å². The quantitative estimate of drug-likeness (QED) is 0.812. The van der Waals surface area contributed by atoms with Crippen LogP contribution in [0.2, 0.25) is 5.02 Å². The fraction of sp³-hybridized carbons (Fsp3) is 0.333. The predicted molar refractivity (Wildman–Crippen MR) is 87.5 cm³/mol. The molecular formula is C18H22ClN. The number of halogens is 1. The summed E-state index contributed by atoms with van der Waals surface area (Å²) < 4.78 is 0. The van der Waals surface area contributed by atoms with Crippen molar-refractivity contribution in [1.29, 1.82) is 0 Å². The van der Waals surface area contributed by atoms with Crippen LogP contribution in [0.25, 0.3) is 0 Å². The zero-order valence-electron chi connectivity index (χ0n) is 12.4. The predicted octanol–water partition coefficient (Wildman–Crippen LogP) is 5.05. The Morgan fingerprint density at radius 3 is 2.40 bits per heavy atom. The molecule has 2 aromatic rings. The summed E-state index contributed by atoms with van der Waals surface area (Å²) in [6.07, 6.45) is 1.11. The Hall–Kier alpha value is -1.31. The van der Waals surface area contributed by atoms with Crippen LogP contribution in [0.4, 0.5) is 0 Å². The minimum absolute atomic E-state index is 0.201. The monoisotopic (exact) mass is 287 g/mol. The molecule has 0 saturated heterocycles. The molecule has 2 heteroatoms. The molecule has 0 aromatic heterocycles. The first kappa shape index (κ1) is 15.1. The van der Waals surface area contributed by atoms with Gasteiger partial charge in [-0.2, -0.15) is 0 Å². The maximum atomic E-state index is 6.22. The molecule has 1 unspecified atom stereocenters. The molecule has 2 aromatic carbocycles. The van der Waals surface area contributed by atoms with Crippen molar-refractivity contribution in [2.24, 2.45) is 0 Å². The highest BCUT2D eigenvalue weighted by Gasteiger charge is 2.14. The van der Waals surface area contributed by atoms with E-state index in [1.165, 1.54) is 22.3 Å². The second-order valence-corrected chi connectivity index (χ2v) is 5.80. The smallest absolute Gasteiger partial charge is 0.0577 e. The molecule has 0 fully saturated rings. The summed E-state index contributed by atoms with van der Waals surface area (Å²) in [5.74, 6) is 0. The van der Waals surface area contributed by atoms with Crippen LogP contribution in [0.1, 0.15) is 41.6 Å². The van der Waals surface area contributed by atoms with Crippen molar-refractivity contribution in [2.75, 3.05) is 6.54 Å². The molecule has 0 aliphatic rings. The summed E-state index contributed by atoms with van der Waals surface area (Å²) in [6.45, 7) is 7.39. The molecule has 0 radical (unpaired) electrons. The fourth-order valence-corrected chi connectivity index (χ4v) is 2.80. The lowest BCUT2D eigenvalue weighted by Crippen LogP contribution is -2.23. The third-order valence-corrected chi connectivity index (χ3v) is 3.59. The Kier molecular flexibility index (Phi) is 5.22. The molecule has 0 aliphatic heterocycles. The molecule has 1 nitrogen and oxygen atoms in total. The minimum atomic E-state index is 0.201. The van der Waals surface area contributed by atoms with Gasteiger partial charge in [0.2, 0.25) is 0 Å². The van der Waals surface area contributed by atoms with Crippen molar-refractivity contribution < 1.29 is 0 Å². The van der Waals surface area contributed by atoms with Crippen LogP contribution in [0.3, 0.4) is 0 Å². The van der Waals surface area contributed by atoms with Crippen molar-refractivity contribution in [3.05, 3.63) is 69.7 Å². The standard InChI is InChI=1S/C18H22ClN/c1-4-8-20-18(15-7-5-6-13(2)9-15)16-10-14(3)11-17(19)12-16/h5-7,9-12,18,20H,4,8H2,1-3H3. The number of nitrogens with one attached hydrogen (secondary N) is 1. The fourth-order valence-electron chi connectivity index (χ4n) is 2.50. The van der Waals surface area contributed by atoms with Crippen molar-refractivity contribution in [1.82, 2.24) is 5.32 Å². The Balaban J connectivity index is 2.41. The first-order valence-corrected chi connectivity index (χ1v) is 7.55. The molecule has 0 spiro atoms. The third-order valence-electron chi connectivity index (χ3n) is 3.37. The Morgan fingerprint density at radius 1 is 1.00 bits per heavy atom. The first-order chi connectivity index (χ1) is 9.60. The largest absolute Gasteiger partial charge is 0.306 e. The third kappa shape index (κ3) is 3.84. The highest BCUT2D eigenvalue weighted by molar-refractivity contribution is 6.30. The van der Waals surface area contributed by atoms with Gasteiger partial charge in [0.25, 0.3) is 0 Å². The van der Waals surface area contributed by atoms with Crippen molar-refractivity contribution >= 4 is 11.6 Å². The van der Waals surface area contributed by atoms with E-state index in [-0.39, 0.29) is 6.04 Å². The van der Waals surface area contributed by atoms with Crippen LogP contribution < -0.4 is 5.32 Å². The average Bonchev–Trinajstić information content (AvgIpc) is 2.38. The summed E-state index contributed by atoms with van der Waals surface area (Å²) in [4.78, 5) is 0. The normalized spacial score (nSPS) is 12.4. The van der Waals surface area contributed by atoms with Gasteiger partial charge >= 0.3 is 0 Å². The molecule has 0 saturated carbocycles. The van der Waals surface area contributed by atoms with Gasteiger partial charge in [-0.05, 0) is 55.6 Å². The number of rotatable bonds is 5. The van der Waals surface area contributed by atoms with Gasteiger partial charge in [0.05, 0.1) is 6.04 Å². The van der Waals surface area contributed by atoms with Gasteiger partial charge in [0, 0.05) is 5.02 Å². The Bertz CT molecular complexity index is 557. The maximum Gasteiger partial charge on any atom is 0.0577 e. The van der Waals surface area contributed by atoms with Crippen molar-refractivity contribution in [3.8, 4) is 0 Å². The van der Waals surface area contributed by atoms with Gasteiger partial charge in [0.1, 0.15) is 0 Å². The number of hydrogen-bond acceptors (Lipinski definition) is 1. The van der Waals surface area contributed by atoms with Crippen LogP contribution in [0.5, 0.6) is 0 Å². The van der Waals surface area contributed by atoms with E-state index in [9.17, 15) is 0 Å². The van der Waals surface area contributed by atoms with Gasteiger partial charge < -0.3 is 5.32 Å². The van der Waals surface area contributed by atoms with E-state index in [4.69, 9.17) is 11.6 Å². The van der Waals surface area contributed by atoms with E-state index >= 15 is 0 Å². The number of hydrogen-bond donors (Lipinski definition) is 1. The van der Waals surface area contributed by atoms with Crippen LogP contribution in [0.15, 0.2) is 42.5 Å². The molecular weight excluding hydrogens is 266 g/mol. The van der Waals surface area contributed by atoms with E-state index in [0.29, 0.717) is 0 Å². The van der Waals surface area contributed by atoms with Gasteiger partial charge in [-0.25, -0.2) is 0 Å². The minimum Gasteiger partial charge on any atom is -0.306 e. The highest BCUT2D eigenvalue weighted by Crippen LogP contribution is 2.26. The molecule has 106 valence electrons. The molecule has 1 N–H and O–H groups in total. The molecule has 0 heterocycles. The maximum absolute atomic E-state index is 6.22. The van der Waals surface area contributed by atoms with E-state index in [1.807, 2.05) is 6.07 Å². The summed E-state index contributed by atoms with van der Waals surface area (Å²) in [7, 11) is 0. The Labute approximate surface area is 127 Å². The molecule has 0 bridgehead atoms. The van der Waals surface area contributed by atoms with Crippen molar-refractivity contribution in [2.45, 2.75) is 33.2 Å². The van der Waals surface area contributed by atoms with Gasteiger partial charge in [-0.1, -0.05) is 54.4 Å². The van der Waals surface area contributed by atoms with E-state index < -0.39 is 0 Å². The number of benzene rings is 2. The van der Waals surface area contributed by atoms with E-state index in [2.05, 4.69) is 62.5 Å². The zero-order valence-corrected chi connectivity index (χ0v) is 13.2. The lowest BCUT2D eigenvalue weighted by Gasteiger charge is -2.21. The zero-order chi connectivity index (χ0) is 14.5.